The zero-order chi connectivity index (χ0) is 9.42. The quantitative estimate of drug-likeness (QED) is 0.621. The maximum absolute atomic E-state index is 5.98. The van der Waals surface area contributed by atoms with Crippen LogP contribution in [0.3, 0.4) is 0 Å². The molecule has 2 rings (SSSR count). The van der Waals surface area contributed by atoms with E-state index in [-0.39, 0.29) is 0 Å². The fourth-order valence-electron chi connectivity index (χ4n) is 1.37. The minimum Gasteiger partial charge on any atom is -0.252 e. The van der Waals surface area contributed by atoms with E-state index in [9.17, 15) is 0 Å². The molecule has 0 N–H and O–H groups in total. The zero-order valence-corrected chi connectivity index (χ0v) is 8.39. The Kier molecular flexibility index (Phi) is 1.97. The normalized spacial score (nSPS) is 10.7. The molecule has 0 saturated heterocycles. The van der Waals surface area contributed by atoms with Crippen molar-refractivity contribution in [3.63, 3.8) is 0 Å². The monoisotopic (exact) mass is 191 g/mol. The summed E-state index contributed by atoms with van der Waals surface area (Å²) in [5.74, 6) is 0. The maximum atomic E-state index is 5.98. The van der Waals surface area contributed by atoms with Gasteiger partial charge in [0, 0.05) is 5.39 Å². The molecule has 0 amide bonds. The smallest absolute Gasteiger partial charge is 0.0706 e. The van der Waals surface area contributed by atoms with E-state index in [1.54, 1.807) is 0 Å². The number of rotatable bonds is 0. The third-order valence-electron chi connectivity index (χ3n) is 2.10. The molecule has 1 aromatic heterocycles. The highest BCUT2D eigenvalue weighted by atomic mass is 35.5. The van der Waals surface area contributed by atoms with Crippen molar-refractivity contribution in [2.24, 2.45) is 0 Å². The second kappa shape index (κ2) is 3.00. The van der Waals surface area contributed by atoms with E-state index in [1.807, 2.05) is 19.1 Å². The number of benzene rings is 1. The van der Waals surface area contributed by atoms with E-state index in [0.717, 1.165) is 21.6 Å². The number of hydrogen-bond donors (Lipinski definition) is 0. The Morgan fingerprint density at radius 2 is 1.92 bits per heavy atom. The summed E-state index contributed by atoms with van der Waals surface area (Å²) in [7, 11) is 0. The SMILES string of the molecule is Cc1ccc2nc(C)c(Cl)cc2c1. The lowest BCUT2D eigenvalue weighted by molar-refractivity contribution is 1.25. The summed E-state index contributed by atoms with van der Waals surface area (Å²) in [4.78, 5) is 4.38. The molecule has 0 unspecified atom stereocenters. The van der Waals surface area contributed by atoms with Crippen molar-refractivity contribution in [1.29, 1.82) is 0 Å². The van der Waals surface area contributed by atoms with Gasteiger partial charge in [0.05, 0.1) is 16.2 Å². The molecule has 13 heavy (non-hydrogen) atoms. The lowest BCUT2D eigenvalue weighted by Crippen LogP contribution is -1.85. The van der Waals surface area contributed by atoms with Crippen LogP contribution in [0, 0.1) is 13.8 Å². The molecule has 0 aliphatic carbocycles. The van der Waals surface area contributed by atoms with Crippen LogP contribution in [-0.2, 0) is 0 Å². The minimum atomic E-state index is 0.734. The standard InChI is InChI=1S/C11H10ClN/c1-7-3-4-11-9(5-7)6-10(12)8(2)13-11/h3-6H,1-2H3. The summed E-state index contributed by atoms with van der Waals surface area (Å²) in [6.45, 7) is 3.98. The van der Waals surface area contributed by atoms with Gasteiger partial charge >= 0.3 is 0 Å². The van der Waals surface area contributed by atoms with Crippen molar-refractivity contribution < 1.29 is 0 Å². The number of aromatic nitrogens is 1. The van der Waals surface area contributed by atoms with Crippen LogP contribution in [0.15, 0.2) is 24.3 Å². The molecule has 0 fully saturated rings. The van der Waals surface area contributed by atoms with Crippen molar-refractivity contribution in [2.75, 3.05) is 0 Å². The third kappa shape index (κ3) is 1.52. The van der Waals surface area contributed by atoms with Crippen molar-refractivity contribution >= 4 is 22.5 Å². The van der Waals surface area contributed by atoms with Gasteiger partial charge in [0.25, 0.3) is 0 Å². The average Bonchev–Trinajstić information content (AvgIpc) is 2.08. The molecule has 0 atom stereocenters. The Bertz CT molecular complexity index is 463. The molecule has 1 heterocycles. The van der Waals surface area contributed by atoms with Crippen molar-refractivity contribution in [3.8, 4) is 0 Å². The zero-order valence-electron chi connectivity index (χ0n) is 7.63. The van der Waals surface area contributed by atoms with Gasteiger partial charge in [-0.15, -0.1) is 0 Å². The van der Waals surface area contributed by atoms with E-state index < -0.39 is 0 Å². The van der Waals surface area contributed by atoms with Gasteiger partial charge in [-0.2, -0.15) is 0 Å². The molecule has 0 aliphatic heterocycles. The predicted octanol–water partition coefficient (Wildman–Crippen LogP) is 3.51. The Morgan fingerprint density at radius 3 is 2.69 bits per heavy atom. The number of nitrogens with zero attached hydrogens (tertiary/aromatic N) is 1. The average molecular weight is 192 g/mol. The summed E-state index contributed by atoms with van der Waals surface area (Å²) in [5, 5.41) is 1.84. The van der Waals surface area contributed by atoms with Crippen molar-refractivity contribution in [3.05, 3.63) is 40.5 Å². The Labute approximate surface area is 82.4 Å². The van der Waals surface area contributed by atoms with Crippen LogP contribution in [0.4, 0.5) is 0 Å². The fourth-order valence-corrected chi connectivity index (χ4v) is 1.53. The van der Waals surface area contributed by atoms with E-state index in [0.29, 0.717) is 0 Å². The first-order valence-electron chi connectivity index (χ1n) is 4.20. The first-order chi connectivity index (χ1) is 6.16. The number of halogens is 1. The van der Waals surface area contributed by atoms with Gasteiger partial charge in [0.2, 0.25) is 0 Å². The molecule has 0 radical (unpaired) electrons. The first-order valence-corrected chi connectivity index (χ1v) is 4.58. The van der Waals surface area contributed by atoms with Gasteiger partial charge in [-0.3, -0.25) is 4.98 Å². The highest BCUT2D eigenvalue weighted by Crippen LogP contribution is 2.20. The lowest BCUT2D eigenvalue weighted by Gasteiger charge is -2.01. The Balaban J connectivity index is 2.81. The van der Waals surface area contributed by atoms with E-state index >= 15 is 0 Å². The Morgan fingerprint density at radius 1 is 1.15 bits per heavy atom. The van der Waals surface area contributed by atoms with E-state index in [4.69, 9.17) is 11.6 Å². The minimum absolute atomic E-state index is 0.734. The molecule has 1 nitrogen and oxygen atoms in total. The lowest BCUT2D eigenvalue weighted by atomic mass is 10.1. The van der Waals surface area contributed by atoms with Crippen molar-refractivity contribution in [2.45, 2.75) is 13.8 Å². The van der Waals surface area contributed by atoms with E-state index in [1.165, 1.54) is 5.56 Å². The van der Waals surface area contributed by atoms with E-state index in [2.05, 4.69) is 24.0 Å². The highest BCUT2D eigenvalue weighted by molar-refractivity contribution is 6.31. The first kappa shape index (κ1) is 8.52. The Hall–Kier alpha value is -1.08. The number of aryl methyl sites for hydroxylation is 2. The number of fused-ring (bicyclic) bond motifs is 1. The van der Waals surface area contributed by atoms with Crippen LogP contribution in [0.2, 0.25) is 5.02 Å². The molecule has 0 aliphatic rings. The number of pyridine rings is 1. The summed E-state index contributed by atoms with van der Waals surface area (Å²) in [6, 6.07) is 8.14. The molecule has 0 bridgehead atoms. The maximum Gasteiger partial charge on any atom is 0.0706 e. The summed E-state index contributed by atoms with van der Waals surface area (Å²) in [6.07, 6.45) is 0. The van der Waals surface area contributed by atoms with Crippen LogP contribution < -0.4 is 0 Å². The van der Waals surface area contributed by atoms with Crippen LogP contribution in [0.1, 0.15) is 11.3 Å². The topological polar surface area (TPSA) is 12.9 Å². The predicted molar refractivity (Wildman–Crippen MR) is 56.2 cm³/mol. The molecule has 0 saturated carbocycles. The van der Waals surface area contributed by atoms with Crippen LogP contribution in [-0.4, -0.2) is 4.98 Å². The van der Waals surface area contributed by atoms with Gasteiger partial charge in [0.15, 0.2) is 0 Å². The second-order valence-corrected chi connectivity index (χ2v) is 3.66. The molecule has 2 aromatic rings. The van der Waals surface area contributed by atoms with Gasteiger partial charge < -0.3 is 0 Å². The van der Waals surface area contributed by atoms with Gasteiger partial charge in [-0.05, 0) is 32.0 Å². The van der Waals surface area contributed by atoms with Crippen LogP contribution >= 0.6 is 11.6 Å². The molecule has 2 heteroatoms. The third-order valence-corrected chi connectivity index (χ3v) is 2.48. The molecular weight excluding hydrogens is 182 g/mol. The van der Waals surface area contributed by atoms with Gasteiger partial charge in [-0.25, -0.2) is 0 Å². The highest BCUT2D eigenvalue weighted by Gasteiger charge is 2.00. The van der Waals surface area contributed by atoms with Crippen LogP contribution in [0.5, 0.6) is 0 Å². The molecule has 1 aromatic carbocycles. The number of hydrogen-bond acceptors (Lipinski definition) is 1. The van der Waals surface area contributed by atoms with Gasteiger partial charge in [-0.1, -0.05) is 23.2 Å². The summed E-state index contributed by atoms with van der Waals surface area (Å²) < 4.78 is 0. The molecule has 0 spiro atoms. The molecular formula is C11H10ClN. The van der Waals surface area contributed by atoms with Gasteiger partial charge in [0.1, 0.15) is 0 Å². The summed E-state index contributed by atoms with van der Waals surface area (Å²) in [5.41, 5.74) is 3.12. The molecule has 66 valence electrons. The van der Waals surface area contributed by atoms with Crippen LogP contribution in [0.25, 0.3) is 10.9 Å². The largest absolute Gasteiger partial charge is 0.252 e. The van der Waals surface area contributed by atoms with Crippen molar-refractivity contribution in [1.82, 2.24) is 4.98 Å². The second-order valence-electron chi connectivity index (χ2n) is 3.25. The summed E-state index contributed by atoms with van der Waals surface area (Å²) >= 11 is 5.98. The fraction of sp³-hybridized carbons (Fsp3) is 0.182.